The van der Waals surface area contributed by atoms with Crippen molar-refractivity contribution >= 4 is 0 Å². The Morgan fingerprint density at radius 3 is 2.10 bits per heavy atom. The van der Waals surface area contributed by atoms with E-state index >= 15 is 0 Å². The number of nitrogens with one attached hydrogen (secondary N) is 1. The molecule has 1 saturated heterocycles. The molecule has 0 spiro atoms. The van der Waals surface area contributed by atoms with Crippen LogP contribution in [0.4, 0.5) is 0 Å². The summed E-state index contributed by atoms with van der Waals surface area (Å²) in [5.41, 5.74) is -0.917. The Balaban J connectivity index is 2.60. The number of benzene rings is 1. The molecule has 118 valence electrons. The zero-order valence-electron chi connectivity index (χ0n) is 13.4. The van der Waals surface area contributed by atoms with E-state index in [1.54, 1.807) is 40.4 Å². The highest BCUT2D eigenvalue weighted by Gasteiger charge is 2.49. The van der Waals surface area contributed by atoms with Crippen molar-refractivity contribution in [3.05, 3.63) is 17.7 Å². The first kappa shape index (κ1) is 15.9. The van der Waals surface area contributed by atoms with Gasteiger partial charge in [0.2, 0.25) is 0 Å². The van der Waals surface area contributed by atoms with E-state index in [1.165, 1.54) is 0 Å². The summed E-state index contributed by atoms with van der Waals surface area (Å²) in [5.74, 6) is 1.75. The SMILES string of the molecule is COc1cc(OC)c([C@@](C)(O)[C@@]2(C)CCCN2)c(OC)c1. The lowest BCUT2D eigenvalue weighted by molar-refractivity contribution is -0.0302. The normalized spacial score (nSPS) is 24.5. The highest BCUT2D eigenvalue weighted by Crippen LogP contribution is 2.47. The van der Waals surface area contributed by atoms with Gasteiger partial charge in [-0.15, -0.1) is 0 Å². The van der Waals surface area contributed by atoms with Crippen LogP contribution in [0.15, 0.2) is 12.1 Å². The molecule has 1 aliphatic rings. The third kappa shape index (κ3) is 2.56. The molecule has 0 radical (unpaired) electrons. The van der Waals surface area contributed by atoms with Crippen molar-refractivity contribution in [2.75, 3.05) is 27.9 Å². The van der Waals surface area contributed by atoms with Crippen LogP contribution in [0.2, 0.25) is 0 Å². The van der Waals surface area contributed by atoms with Gasteiger partial charge in [-0.2, -0.15) is 0 Å². The van der Waals surface area contributed by atoms with Crippen LogP contribution in [-0.2, 0) is 5.60 Å². The maximum Gasteiger partial charge on any atom is 0.132 e. The monoisotopic (exact) mass is 295 g/mol. The van der Waals surface area contributed by atoms with Gasteiger partial charge in [0.1, 0.15) is 22.8 Å². The van der Waals surface area contributed by atoms with E-state index in [0.29, 0.717) is 22.8 Å². The van der Waals surface area contributed by atoms with Crippen molar-refractivity contribution in [3.8, 4) is 17.2 Å². The number of ether oxygens (including phenoxy) is 3. The van der Waals surface area contributed by atoms with Gasteiger partial charge in [-0.05, 0) is 33.2 Å². The molecule has 21 heavy (non-hydrogen) atoms. The van der Waals surface area contributed by atoms with Gasteiger partial charge in [0.15, 0.2) is 0 Å². The fourth-order valence-corrected chi connectivity index (χ4v) is 3.07. The Kier molecular flexibility index (Phi) is 4.35. The average molecular weight is 295 g/mol. The van der Waals surface area contributed by atoms with E-state index in [0.717, 1.165) is 19.4 Å². The van der Waals surface area contributed by atoms with Crippen LogP contribution in [0.5, 0.6) is 17.2 Å². The fourth-order valence-electron chi connectivity index (χ4n) is 3.07. The van der Waals surface area contributed by atoms with Crippen LogP contribution in [0.1, 0.15) is 32.3 Å². The molecule has 0 unspecified atom stereocenters. The van der Waals surface area contributed by atoms with E-state index in [-0.39, 0.29) is 0 Å². The highest BCUT2D eigenvalue weighted by atomic mass is 16.5. The molecular formula is C16H25NO4. The molecule has 1 heterocycles. The Labute approximate surface area is 126 Å². The lowest BCUT2D eigenvalue weighted by atomic mass is 9.75. The largest absolute Gasteiger partial charge is 0.496 e. The summed E-state index contributed by atoms with van der Waals surface area (Å²) in [6.45, 7) is 4.73. The number of rotatable bonds is 5. The van der Waals surface area contributed by atoms with Crippen molar-refractivity contribution in [2.24, 2.45) is 0 Å². The number of hydrogen-bond acceptors (Lipinski definition) is 5. The molecule has 5 heteroatoms. The fraction of sp³-hybridized carbons (Fsp3) is 0.625. The Bertz CT molecular complexity index is 482. The molecule has 2 rings (SSSR count). The first-order valence-corrected chi connectivity index (χ1v) is 7.17. The van der Waals surface area contributed by atoms with Crippen LogP contribution in [-0.4, -0.2) is 38.5 Å². The van der Waals surface area contributed by atoms with Gasteiger partial charge in [0.25, 0.3) is 0 Å². The zero-order chi connectivity index (χ0) is 15.7. The van der Waals surface area contributed by atoms with Crippen LogP contribution in [0, 0.1) is 0 Å². The molecule has 0 aliphatic carbocycles. The molecule has 2 atom stereocenters. The maximum absolute atomic E-state index is 11.3. The van der Waals surface area contributed by atoms with Crippen molar-refractivity contribution < 1.29 is 19.3 Å². The molecule has 1 fully saturated rings. The maximum atomic E-state index is 11.3. The van der Waals surface area contributed by atoms with Gasteiger partial charge < -0.3 is 24.6 Å². The zero-order valence-corrected chi connectivity index (χ0v) is 13.4. The number of aliphatic hydroxyl groups is 1. The van der Waals surface area contributed by atoms with Gasteiger partial charge in [-0.3, -0.25) is 0 Å². The molecule has 0 bridgehead atoms. The molecule has 0 aromatic heterocycles. The molecule has 5 nitrogen and oxygen atoms in total. The highest BCUT2D eigenvalue weighted by molar-refractivity contribution is 5.54. The summed E-state index contributed by atoms with van der Waals surface area (Å²) < 4.78 is 16.2. The third-order valence-electron chi connectivity index (χ3n) is 4.64. The minimum Gasteiger partial charge on any atom is -0.496 e. The van der Waals surface area contributed by atoms with Gasteiger partial charge in [0, 0.05) is 17.7 Å². The Morgan fingerprint density at radius 1 is 1.14 bits per heavy atom. The van der Waals surface area contributed by atoms with Crippen LogP contribution in [0.25, 0.3) is 0 Å². The van der Waals surface area contributed by atoms with E-state index in [4.69, 9.17) is 14.2 Å². The van der Waals surface area contributed by atoms with Crippen molar-refractivity contribution in [3.63, 3.8) is 0 Å². The van der Waals surface area contributed by atoms with Crippen molar-refractivity contribution in [1.82, 2.24) is 5.32 Å². The Morgan fingerprint density at radius 2 is 1.71 bits per heavy atom. The lowest BCUT2D eigenvalue weighted by Gasteiger charge is -2.41. The molecular weight excluding hydrogens is 270 g/mol. The minimum atomic E-state index is -1.13. The second kappa shape index (κ2) is 5.73. The topological polar surface area (TPSA) is 60.0 Å². The van der Waals surface area contributed by atoms with E-state index in [9.17, 15) is 5.11 Å². The lowest BCUT2D eigenvalue weighted by Crippen LogP contribution is -2.54. The predicted octanol–water partition coefficient (Wildman–Crippen LogP) is 2.06. The minimum absolute atomic E-state index is 0.428. The molecule has 1 aliphatic heterocycles. The smallest absolute Gasteiger partial charge is 0.132 e. The van der Waals surface area contributed by atoms with Gasteiger partial charge in [-0.25, -0.2) is 0 Å². The average Bonchev–Trinajstić information content (AvgIpc) is 2.94. The van der Waals surface area contributed by atoms with E-state index in [1.807, 2.05) is 6.92 Å². The predicted molar refractivity (Wildman–Crippen MR) is 81.3 cm³/mol. The summed E-state index contributed by atoms with van der Waals surface area (Å²) in [4.78, 5) is 0. The number of hydrogen-bond donors (Lipinski definition) is 2. The standard InChI is InChI=1S/C16H25NO4/c1-15(7-6-8-17-15)16(2,18)14-12(20-4)9-11(19-3)10-13(14)21-5/h9-10,17-18H,6-8H2,1-5H3/t15-,16-/m1/s1. The molecule has 0 amide bonds. The van der Waals surface area contributed by atoms with Gasteiger partial charge in [0.05, 0.1) is 26.9 Å². The van der Waals surface area contributed by atoms with Crippen LogP contribution >= 0.6 is 0 Å². The summed E-state index contributed by atoms with van der Waals surface area (Å²) in [6, 6.07) is 3.54. The molecule has 1 aromatic carbocycles. The second-order valence-corrected chi connectivity index (χ2v) is 5.84. The van der Waals surface area contributed by atoms with Crippen LogP contribution < -0.4 is 19.5 Å². The van der Waals surface area contributed by atoms with E-state index < -0.39 is 11.1 Å². The van der Waals surface area contributed by atoms with Crippen molar-refractivity contribution in [1.29, 1.82) is 0 Å². The molecule has 0 saturated carbocycles. The van der Waals surface area contributed by atoms with E-state index in [2.05, 4.69) is 5.32 Å². The van der Waals surface area contributed by atoms with Gasteiger partial charge in [-0.1, -0.05) is 0 Å². The molecule has 2 N–H and O–H groups in total. The molecule has 1 aromatic rings. The second-order valence-electron chi connectivity index (χ2n) is 5.84. The van der Waals surface area contributed by atoms with Crippen LogP contribution in [0.3, 0.4) is 0 Å². The first-order chi connectivity index (χ1) is 9.89. The van der Waals surface area contributed by atoms with Gasteiger partial charge >= 0.3 is 0 Å². The Hall–Kier alpha value is -1.46. The summed E-state index contributed by atoms with van der Waals surface area (Å²) in [5, 5.41) is 14.7. The summed E-state index contributed by atoms with van der Waals surface area (Å²) >= 11 is 0. The van der Waals surface area contributed by atoms with Crippen molar-refractivity contribution in [2.45, 2.75) is 37.8 Å². The summed E-state index contributed by atoms with van der Waals surface area (Å²) in [6.07, 6.45) is 1.92. The third-order valence-corrected chi connectivity index (χ3v) is 4.64. The quantitative estimate of drug-likeness (QED) is 0.871. The first-order valence-electron chi connectivity index (χ1n) is 7.17. The number of methoxy groups -OCH3 is 3. The summed E-state index contributed by atoms with van der Waals surface area (Å²) in [7, 11) is 4.75.